The van der Waals surface area contributed by atoms with Gasteiger partial charge in [-0.2, -0.15) is 0 Å². The highest BCUT2D eigenvalue weighted by molar-refractivity contribution is 7.99. The third-order valence-electron chi connectivity index (χ3n) is 2.52. The zero-order chi connectivity index (χ0) is 14.4. The summed E-state index contributed by atoms with van der Waals surface area (Å²) >= 11 is 1.44. The highest BCUT2D eigenvalue weighted by Crippen LogP contribution is 2.15. The van der Waals surface area contributed by atoms with Crippen LogP contribution in [0.4, 0.5) is 0 Å². The minimum Gasteiger partial charge on any atom is -0.341 e. The molecule has 1 heterocycles. The number of rotatable bonds is 7. The van der Waals surface area contributed by atoms with Crippen molar-refractivity contribution in [1.82, 2.24) is 19.7 Å². The minimum absolute atomic E-state index is 0.176. The maximum atomic E-state index is 12.3. The zero-order valence-electron chi connectivity index (χ0n) is 12.5. The summed E-state index contributed by atoms with van der Waals surface area (Å²) in [6.07, 6.45) is 1.65. The van der Waals surface area contributed by atoms with E-state index in [0.29, 0.717) is 17.6 Å². The van der Waals surface area contributed by atoms with Crippen LogP contribution in [0.3, 0.4) is 0 Å². The number of carbonyl (C=O) groups is 1. The first-order valence-corrected chi connectivity index (χ1v) is 7.63. The van der Waals surface area contributed by atoms with E-state index in [-0.39, 0.29) is 5.91 Å². The van der Waals surface area contributed by atoms with Crippen molar-refractivity contribution in [1.29, 1.82) is 0 Å². The average Bonchev–Trinajstić information content (AvgIpc) is 2.69. The molecular formula is C13H24N4OS. The maximum Gasteiger partial charge on any atom is 0.233 e. The standard InChI is InChI=1S/C13H24N4OS/c1-10(2)6-17(7-11(3)4)12(18)8-19-13-15-14-9-16(13)5/h9-11H,6-8H2,1-5H3. The van der Waals surface area contributed by atoms with Crippen LogP contribution in [-0.4, -0.2) is 44.4 Å². The van der Waals surface area contributed by atoms with E-state index in [1.165, 1.54) is 11.8 Å². The minimum atomic E-state index is 0.176. The summed E-state index contributed by atoms with van der Waals surface area (Å²) in [5.41, 5.74) is 0. The molecule has 0 atom stereocenters. The molecule has 5 nitrogen and oxygen atoms in total. The van der Waals surface area contributed by atoms with Gasteiger partial charge in [0.15, 0.2) is 5.16 Å². The number of thioether (sulfide) groups is 1. The van der Waals surface area contributed by atoms with Gasteiger partial charge < -0.3 is 9.47 Å². The molecule has 0 aromatic carbocycles. The summed E-state index contributed by atoms with van der Waals surface area (Å²) < 4.78 is 1.83. The number of hydrogen-bond acceptors (Lipinski definition) is 4. The Balaban J connectivity index is 2.54. The molecule has 6 heteroatoms. The number of nitrogens with zero attached hydrogens (tertiary/aromatic N) is 4. The average molecular weight is 284 g/mol. The molecule has 1 aromatic heterocycles. The molecule has 1 amide bonds. The predicted molar refractivity (Wildman–Crippen MR) is 78.0 cm³/mol. The van der Waals surface area contributed by atoms with Gasteiger partial charge in [0, 0.05) is 20.1 Å². The van der Waals surface area contributed by atoms with Crippen molar-refractivity contribution in [2.24, 2.45) is 18.9 Å². The van der Waals surface area contributed by atoms with Crippen LogP contribution < -0.4 is 0 Å². The molecule has 0 saturated heterocycles. The van der Waals surface area contributed by atoms with Crippen LogP contribution in [0, 0.1) is 11.8 Å². The van der Waals surface area contributed by atoms with E-state index < -0.39 is 0 Å². The molecule has 0 spiro atoms. The quantitative estimate of drug-likeness (QED) is 0.719. The Kier molecular flexibility index (Phi) is 6.34. The molecule has 1 aromatic rings. The van der Waals surface area contributed by atoms with Crippen molar-refractivity contribution >= 4 is 17.7 Å². The lowest BCUT2D eigenvalue weighted by atomic mass is 10.1. The summed E-state index contributed by atoms with van der Waals surface area (Å²) in [6.45, 7) is 10.2. The van der Waals surface area contributed by atoms with Gasteiger partial charge in [-0.1, -0.05) is 39.5 Å². The third kappa shape index (κ3) is 5.63. The second-order valence-electron chi connectivity index (χ2n) is 5.60. The van der Waals surface area contributed by atoms with Gasteiger partial charge in [-0.25, -0.2) is 0 Å². The van der Waals surface area contributed by atoms with Crippen LogP contribution >= 0.6 is 11.8 Å². The molecule has 1 rings (SSSR count). The van der Waals surface area contributed by atoms with Gasteiger partial charge in [0.1, 0.15) is 6.33 Å². The van der Waals surface area contributed by atoms with E-state index in [4.69, 9.17) is 0 Å². The van der Waals surface area contributed by atoms with Gasteiger partial charge in [-0.15, -0.1) is 10.2 Å². The lowest BCUT2D eigenvalue weighted by Gasteiger charge is -2.26. The van der Waals surface area contributed by atoms with Crippen molar-refractivity contribution in [2.75, 3.05) is 18.8 Å². The second-order valence-corrected chi connectivity index (χ2v) is 6.54. The zero-order valence-corrected chi connectivity index (χ0v) is 13.3. The number of aromatic nitrogens is 3. The van der Waals surface area contributed by atoms with Crippen LogP contribution in [-0.2, 0) is 11.8 Å². The largest absolute Gasteiger partial charge is 0.341 e. The molecule has 108 valence electrons. The fraction of sp³-hybridized carbons (Fsp3) is 0.769. The lowest BCUT2D eigenvalue weighted by Crippen LogP contribution is -2.38. The van der Waals surface area contributed by atoms with Gasteiger partial charge in [0.2, 0.25) is 5.91 Å². The van der Waals surface area contributed by atoms with Crippen molar-refractivity contribution in [2.45, 2.75) is 32.9 Å². The molecule has 0 bridgehead atoms. The molecule has 0 aliphatic carbocycles. The Bertz CT molecular complexity index is 393. The smallest absolute Gasteiger partial charge is 0.233 e. The fourth-order valence-corrected chi connectivity index (χ4v) is 2.57. The summed E-state index contributed by atoms with van der Waals surface area (Å²) in [5, 5.41) is 8.56. The van der Waals surface area contributed by atoms with E-state index in [0.717, 1.165) is 18.2 Å². The molecule has 0 saturated carbocycles. The van der Waals surface area contributed by atoms with E-state index in [2.05, 4.69) is 37.9 Å². The first-order chi connectivity index (χ1) is 8.90. The number of amides is 1. The van der Waals surface area contributed by atoms with Gasteiger partial charge >= 0.3 is 0 Å². The van der Waals surface area contributed by atoms with Crippen LogP contribution in [0.5, 0.6) is 0 Å². The lowest BCUT2D eigenvalue weighted by molar-refractivity contribution is -0.129. The molecule has 0 unspecified atom stereocenters. The number of carbonyl (C=O) groups excluding carboxylic acids is 1. The molecule has 0 aliphatic rings. The highest BCUT2D eigenvalue weighted by atomic mass is 32.2. The Morgan fingerprint density at radius 1 is 1.32 bits per heavy atom. The van der Waals surface area contributed by atoms with Gasteiger partial charge in [0.25, 0.3) is 0 Å². The monoisotopic (exact) mass is 284 g/mol. The van der Waals surface area contributed by atoms with Gasteiger partial charge in [-0.3, -0.25) is 4.79 Å². The SMILES string of the molecule is CC(C)CN(CC(C)C)C(=O)CSc1nncn1C. The normalized spacial score (nSPS) is 11.3. The molecular weight excluding hydrogens is 260 g/mol. The van der Waals surface area contributed by atoms with Crippen LogP contribution in [0.15, 0.2) is 11.5 Å². The Labute approximate surface area is 119 Å². The van der Waals surface area contributed by atoms with Crippen LogP contribution in [0.1, 0.15) is 27.7 Å². The Hall–Kier alpha value is -1.04. The number of hydrogen-bond donors (Lipinski definition) is 0. The highest BCUT2D eigenvalue weighted by Gasteiger charge is 2.17. The molecule has 19 heavy (non-hydrogen) atoms. The molecule has 0 fully saturated rings. The number of aryl methyl sites for hydroxylation is 1. The van der Waals surface area contributed by atoms with Gasteiger partial charge in [0.05, 0.1) is 5.75 Å². The Morgan fingerprint density at radius 3 is 2.32 bits per heavy atom. The van der Waals surface area contributed by atoms with E-state index in [1.54, 1.807) is 6.33 Å². The second kappa shape index (κ2) is 7.53. The topological polar surface area (TPSA) is 51.0 Å². The van der Waals surface area contributed by atoms with Crippen molar-refractivity contribution in [3.05, 3.63) is 6.33 Å². The first-order valence-electron chi connectivity index (χ1n) is 6.64. The van der Waals surface area contributed by atoms with Crippen molar-refractivity contribution < 1.29 is 4.79 Å². The van der Waals surface area contributed by atoms with Gasteiger partial charge in [-0.05, 0) is 11.8 Å². The summed E-state index contributed by atoms with van der Waals surface area (Å²) in [5.74, 6) is 1.58. The van der Waals surface area contributed by atoms with E-state index in [1.807, 2.05) is 16.5 Å². The van der Waals surface area contributed by atoms with E-state index >= 15 is 0 Å². The molecule has 0 aliphatic heterocycles. The molecule has 0 radical (unpaired) electrons. The van der Waals surface area contributed by atoms with Crippen LogP contribution in [0.25, 0.3) is 0 Å². The maximum absolute atomic E-state index is 12.3. The third-order valence-corrected chi connectivity index (χ3v) is 3.54. The van der Waals surface area contributed by atoms with Crippen LogP contribution in [0.2, 0.25) is 0 Å². The summed E-state index contributed by atoms with van der Waals surface area (Å²) in [6, 6.07) is 0. The fourth-order valence-electron chi connectivity index (χ4n) is 1.78. The molecule has 0 N–H and O–H groups in total. The van der Waals surface area contributed by atoms with E-state index in [9.17, 15) is 4.79 Å². The summed E-state index contributed by atoms with van der Waals surface area (Å²) in [4.78, 5) is 14.2. The summed E-state index contributed by atoms with van der Waals surface area (Å²) in [7, 11) is 1.88. The van der Waals surface area contributed by atoms with Crippen molar-refractivity contribution in [3.8, 4) is 0 Å². The first kappa shape index (κ1) is 16.0. The Morgan fingerprint density at radius 2 is 1.89 bits per heavy atom. The predicted octanol–water partition coefficient (Wildman–Crippen LogP) is 2.05. The van der Waals surface area contributed by atoms with Crippen molar-refractivity contribution in [3.63, 3.8) is 0 Å².